The highest BCUT2D eigenvalue weighted by Gasteiger charge is 2.24. The minimum absolute atomic E-state index is 0.0258. The van der Waals surface area contributed by atoms with Crippen LogP contribution in [0.15, 0.2) is 54.6 Å². The number of amides is 1. The Morgan fingerprint density at radius 1 is 1.10 bits per heavy atom. The quantitative estimate of drug-likeness (QED) is 0.555. The van der Waals surface area contributed by atoms with E-state index in [4.69, 9.17) is 9.72 Å². The molecule has 1 heterocycles. The number of anilines is 2. The number of para-hydroxylation sites is 1. The molecule has 2 aromatic carbocycles. The summed E-state index contributed by atoms with van der Waals surface area (Å²) in [5, 5.41) is 7.48. The third-order valence-corrected chi connectivity index (χ3v) is 5.83. The third-order valence-electron chi connectivity index (χ3n) is 5.83. The molecule has 5 nitrogen and oxygen atoms in total. The minimum Gasteiger partial charge on any atom is -0.494 e. The van der Waals surface area contributed by atoms with Crippen molar-refractivity contribution >= 4 is 28.3 Å². The average Bonchev–Trinajstić information content (AvgIpc) is 2.76. The van der Waals surface area contributed by atoms with E-state index < -0.39 is 0 Å². The number of aromatic nitrogens is 1. The lowest BCUT2D eigenvalue weighted by molar-refractivity contribution is 0.0912. The Morgan fingerprint density at radius 2 is 1.87 bits per heavy atom. The fraction of sp³-hybridized carbons (Fsp3) is 0.360. The molecule has 0 bridgehead atoms. The monoisotopic (exact) mass is 403 g/mol. The van der Waals surface area contributed by atoms with Crippen LogP contribution in [0.25, 0.3) is 10.9 Å². The fourth-order valence-corrected chi connectivity index (χ4v) is 4.15. The van der Waals surface area contributed by atoms with Gasteiger partial charge < -0.3 is 15.4 Å². The number of carbonyl (C=O) groups excluding carboxylic acids is 1. The normalized spacial score (nSPS) is 18.7. The van der Waals surface area contributed by atoms with Gasteiger partial charge in [0, 0.05) is 17.1 Å². The molecule has 1 amide bonds. The number of hydrogen-bond acceptors (Lipinski definition) is 4. The first-order chi connectivity index (χ1) is 14.6. The highest BCUT2D eigenvalue weighted by Crippen LogP contribution is 2.27. The Bertz CT molecular complexity index is 1020. The van der Waals surface area contributed by atoms with Crippen LogP contribution < -0.4 is 15.4 Å². The van der Waals surface area contributed by atoms with E-state index in [1.54, 1.807) is 0 Å². The molecule has 1 saturated carbocycles. The van der Waals surface area contributed by atoms with Gasteiger partial charge in [0.05, 0.1) is 17.7 Å². The molecule has 5 heteroatoms. The van der Waals surface area contributed by atoms with Gasteiger partial charge in [-0.3, -0.25) is 4.79 Å². The Hall–Kier alpha value is -3.08. The van der Waals surface area contributed by atoms with Gasteiger partial charge in [-0.25, -0.2) is 4.98 Å². The van der Waals surface area contributed by atoms with Gasteiger partial charge in [-0.1, -0.05) is 38.0 Å². The molecule has 1 aliphatic rings. The number of ether oxygens (including phenoxy) is 1. The summed E-state index contributed by atoms with van der Waals surface area (Å²) in [4.78, 5) is 17.9. The number of hydrogen-bond donors (Lipinski definition) is 2. The number of pyridine rings is 1. The first-order valence-electron chi connectivity index (χ1n) is 10.8. The second kappa shape index (κ2) is 9.16. The molecule has 1 aromatic heterocycles. The maximum absolute atomic E-state index is 13.2. The molecule has 0 spiro atoms. The van der Waals surface area contributed by atoms with Crippen molar-refractivity contribution in [3.63, 3.8) is 0 Å². The van der Waals surface area contributed by atoms with Gasteiger partial charge in [0.2, 0.25) is 0 Å². The number of rotatable bonds is 6. The van der Waals surface area contributed by atoms with Crippen LogP contribution in [-0.4, -0.2) is 23.5 Å². The second-order valence-corrected chi connectivity index (χ2v) is 8.00. The smallest absolute Gasteiger partial charge is 0.252 e. The van der Waals surface area contributed by atoms with Crippen molar-refractivity contribution in [2.24, 2.45) is 5.92 Å². The molecule has 4 rings (SSSR count). The van der Waals surface area contributed by atoms with Gasteiger partial charge in [0.15, 0.2) is 0 Å². The summed E-state index contributed by atoms with van der Waals surface area (Å²) in [6.07, 6.45) is 4.65. The Morgan fingerprint density at radius 3 is 2.63 bits per heavy atom. The predicted octanol–water partition coefficient (Wildman–Crippen LogP) is 5.69. The molecular formula is C25H29N3O2. The van der Waals surface area contributed by atoms with Gasteiger partial charge in [0.1, 0.15) is 11.6 Å². The molecule has 30 heavy (non-hydrogen) atoms. The maximum Gasteiger partial charge on any atom is 0.252 e. The van der Waals surface area contributed by atoms with Gasteiger partial charge in [-0.05, 0) is 62.1 Å². The van der Waals surface area contributed by atoms with E-state index in [0.717, 1.165) is 28.8 Å². The summed E-state index contributed by atoms with van der Waals surface area (Å²) in [5.74, 6) is 1.97. The van der Waals surface area contributed by atoms with Crippen molar-refractivity contribution in [2.45, 2.75) is 45.6 Å². The van der Waals surface area contributed by atoms with Gasteiger partial charge in [-0.15, -0.1) is 0 Å². The lowest BCUT2D eigenvalue weighted by Gasteiger charge is -2.29. The molecule has 0 aliphatic heterocycles. The number of carbonyl (C=O) groups is 1. The van der Waals surface area contributed by atoms with Crippen molar-refractivity contribution in [1.29, 1.82) is 0 Å². The second-order valence-electron chi connectivity index (χ2n) is 8.00. The molecule has 1 aliphatic carbocycles. The van der Waals surface area contributed by atoms with E-state index in [1.807, 2.05) is 61.5 Å². The van der Waals surface area contributed by atoms with Crippen LogP contribution in [0.5, 0.6) is 5.75 Å². The predicted molar refractivity (Wildman–Crippen MR) is 122 cm³/mol. The zero-order valence-corrected chi connectivity index (χ0v) is 17.7. The Kier molecular flexibility index (Phi) is 6.17. The van der Waals surface area contributed by atoms with Gasteiger partial charge >= 0.3 is 0 Å². The van der Waals surface area contributed by atoms with Crippen molar-refractivity contribution in [3.8, 4) is 5.75 Å². The Labute approximate surface area is 177 Å². The van der Waals surface area contributed by atoms with Gasteiger partial charge in [-0.2, -0.15) is 0 Å². The van der Waals surface area contributed by atoms with E-state index in [9.17, 15) is 4.79 Å². The van der Waals surface area contributed by atoms with Gasteiger partial charge in [0.25, 0.3) is 5.91 Å². The lowest BCUT2D eigenvalue weighted by atomic mass is 9.86. The molecule has 2 atom stereocenters. The van der Waals surface area contributed by atoms with Crippen LogP contribution in [0.2, 0.25) is 0 Å². The van der Waals surface area contributed by atoms with Crippen LogP contribution >= 0.6 is 0 Å². The molecule has 0 radical (unpaired) electrons. The zero-order chi connectivity index (χ0) is 20.9. The average molecular weight is 404 g/mol. The highest BCUT2D eigenvalue weighted by molar-refractivity contribution is 6.07. The van der Waals surface area contributed by atoms with E-state index in [1.165, 1.54) is 19.3 Å². The molecule has 156 valence electrons. The summed E-state index contributed by atoms with van der Waals surface area (Å²) in [6, 6.07) is 17.6. The van der Waals surface area contributed by atoms with Crippen LogP contribution in [-0.2, 0) is 0 Å². The van der Waals surface area contributed by atoms with E-state index >= 15 is 0 Å². The molecule has 0 saturated heterocycles. The van der Waals surface area contributed by atoms with E-state index in [-0.39, 0.29) is 11.9 Å². The summed E-state index contributed by atoms with van der Waals surface area (Å²) < 4.78 is 5.50. The van der Waals surface area contributed by atoms with Crippen molar-refractivity contribution in [2.75, 3.05) is 11.9 Å². The molecule has 3 aromatic rings. The number of nitrogens with one attached hydrogen (secondary N) is 2. The largest absolute Gasteiger partial charge is 0.494 e. The van der Waals surface area contributed by atoms with Crippen LogP contribution in [0, 0.1) is 5.92 Å². The summed E-state index contributed by atoms with van der Waals surface area (Å²) in [6.45, 7) is 4.83. The summed E-state index contributed by atoms with van der Waals surface area (Å²) >= 11 is 0. The standard InChI is InChI=1S/C25H29N3O2/c1-3-30-19-14-12-18(13-15-19)26-24-16-21(20-9-5-7-11-23(20)27-24)25(29)28-22-10-6-4-8-17(22)2/h5,7,9,11-17,22H,3-4,6,8,10H2,1-2H3,(H,26,27)(H,28,29)/t17-,22+/m1/s1. The van der Waals surface area contributed by atoms with Crippen molar-refractivity contribution in [1.82, 2.24) is 10.3 Å². The maximum atomic E-state index is 13.2. The molecule has 2 N–H and O–H groups in total. The van der Waals surface area contributed by atoms with E-state index in [0.29, 0.717) is 23.9 Å². The van der Waals surface area contributed by atoms with Crippen molar-refractivity contribution < 1.29 is 9.53 Å². The molecule has 1 fully saturated rings. The third kappa shape index (κ3) is 4.56. The summed E-state index contributed by atoms with van der Waals surface area (Å²) in [5.41, 5.74) is 2.36. The number of benzene rings is 2. The fourth-order valence-electron chi connectivity index (χ4n) is 4.15. The van der Waals surface area contributed by atoms with Crippen LogP contribution in [0.1, 0.15) is 49.9 Å². The molecular weight excluding hydrogens is 374 g/mol. The highest BCUT2D eigenvalue weighted by atomic mass is 16.5. The number of fused-ring (bicyclic) bond motifs is 1. The lowest BCUT2D eigenvalue weighted by Crippen LogP contribution is -2.41. The number of nitrogens with zero attached hydrogens (tertiary/aromatic N) is 1. The molecule has 0 unspecified atom stereocenters. The first-order valence-corrected chi connectivity index (χ1v) is 10.8. The first kappa shape index (κ1) is 20.2. The Balaban J connectivity index is 1.61. The zero-order valence-electron chi connectivity index (χ0n) is 17.7. The van der Waals surface area contributed by atoms with Crippen LogP contribution in [0.4, 0.5) is 11.5 Å². The SMILES string of the molecule is CCOc1ccc(Nc2cc(C(=O)N[C@H]3CCCC[C@H]3C)c3ccccc3n2)cc1. The van der Waals surface area contributed by atoms with Crippen molar-refractivity contribution in [3.05, 3.63) is 60.2 Å². The van der Waals surface area contributed by atoms with E-state index in [2.05, 4.69) is 17.6 Å². The summed E-state index contributed by atoms with van der Waals surface area (Å²) in [7, 11) is 0. The minimum atomic E-state index is -0.0258. The van der Waals surface area contributed by atoms with Crippen LogP contribution in [0.3, 0.4) is 0 Å². The topological polar surface area (TPSA) is 63.2 Å².